The molecule has 1 aromatic rings. The molecular formula is C8H5F5INO2. The lowest BCUT2D eigenvalue weighted by Crippen LogP contribution is -2.18. The average molecular weight is 369 g/mol. The first-order valence-corrected chi connectivity index (χ1v) is 5.10. The molecule has 0 aliphatic rings. The first-order valence-electron chi connectivity index (χ1n) is 4.03. The Morgan fingerprint density at radius 2 is 1.94 bits per heavy atom. The van der Waals surface area contributed by atoms with Crippen LogP contribution in [0.5, 0.6) is 11.6 Å². The second-order valence-electron chi connectivity index (χ2n) is 2.72. The van der Waals surface area contributed by atoms with Gasteiger partial charge in [-0.05, 0) is 28.7 Å². The Morgan fingerprint density at radius 3 is 2.35 bits per heavy atom. The molecule has 3 nitrogen and oxygen atoms in total. The fraction of sp³-hybridized carbons (Fsp3) is 0.375. The predicted molar refractivity (Wildman–Crippen MR) is 55.1 cm³/mol. The van der Waals surface area contributed by atoms with Gasteiger partial charge in [0.2, 0.25) is 5.88 Å². The van der Waals surface area contributed by atoms with Gasteiger partial charge in [-0.2, -0.15) is 0 Å². The standard InChI is InChI=1S/C8H5F5INO2/c1-16-7-3(5(9)10)2-4(6(14)15-7)17-8(11,12)13/h2,5H,1H3. The molecule has 1 aromatic heterocycles. The summed E-state index contributed by atoms with van der Waals surface area (Å²) in [6.07, 6.45) is -7.97. The molecule has 0 fully saturated rings. The Balaban J connectivity index is 3.20. The molecule has 0 amide bonds. The number of alkyl halides is 5. The zero-order chi connectivity index (χ0) is 13.2. The second kappa shape index (κ2) is 5.19. The van der Waals surface area contributed by atoms with Crippen molar-refractivity contribution in [3.05, 3.63) is 15.3 Å². The zero-order valence-corrected chi connectivity index (χ0v) is 10.3. The summed E-state index contributed by atoms with van der Waals surface area (Å²) >= 11 is 1.43. The van der Waals surface area contributed by atoms with Gasteiger partial charge >= 0.3 is 6.36 Å². The Bertz CT molecular complexity index is 410. The molecule has 0 aliphatic carbocycles. The van der Waals surface area contributed by atoms with Gasteiger partial charge in [0.25, 0.3) is 6.43 Å². The van der Waals surface area contributed by atoms with Gasteiger partial charge in [-0.15, -0.1) is 13.2 Å². The molecule has 0 atom stereocenters. The van der Waals surface area contributed by atoms with E-state index in [1.807, 2.05) is 0 Å². The van der Waals surface area contributed by atoms with Crippen molar-refractivity contribution in [2.45, 2.75) is 12.8 Å². The number of rotatable bonds is 3. The summed E-state index contributed by atoms with van der Waals surface area (Å²) in [6.45, 7) is 0. The molecule has 0 N–H and O–H groups in total. The van der Waals surface area contributed by atoms with E-state index in [1.54, 1.807) is 0 Å². The number of hydrogen-bond donors (Lipinski definition) is 0. The highest BCUT2D eigenvalue weighted by atomic mass is 127. The summed E-state index contributed by atoms with van der Waals surface area (Å²) in [5.41, 5.74) is -0.757. The summed E-state index contributed by atoms with van der Waals surface area (Å²) in [6, 6.07) is 0.561. The van der Waals surface area contributed by atoms with Gasteiger partial charge in [0.1, 0.15) is 3.70 Å². The third kappa shape index (κ3) is 3.82. The normalized spacial score (nSPS) is 11.8. The van der Waals surface area contributed by atoms with E-state index in [4.69, 9.17) is 0 Å². The van der Waals surface area contributed by atoms with Gasteiger partial charge < -0.3 is 9.47 Å². The Labute approximate surface area is 106 Å². The maximum atomic E-state index is 12.5. The van der Waals surface area contributed by atoms with E-state index in [2.05, 4.69) is 14.5 Å². The zero-order valence-electron chi connectivity index (χ0n) is 8.19. The maximum absolute atomic E-state index is 12.5. The topological polar surface area (TPSA) is 31.4 Å². The van der Waals surface area contributed by atoms with Crippen LogP contribution >= 0.6 is 22.6 Å². The lowest BCUT2D eigenvalue weighted by Gasteiger charge is -2.13. The van der Waals surface area contributed by atoms with E-state index in [1.165, 1.54) is 22.6 Å². The van der Waals surface area contributed by atoms with Crippen LogP contribution in [0.25, 0.3) is 0 Å². The lowest BCUT2D eigenvalue weighted by atomic mass is 10.2. The predicted octanol–water partition coefficient (Wildman–Crippen LogP) is 3.53. The number of halogens is 6. The van der Waals surface area contributed by atoms with Crippen molar-refractivity contribution >= 4 is 22.6 Å². The van der Waals surface area contributed by atoms with Gasteiger partial charge in [0, 0.05) is 0 Å². The van der Waals surface area contributed by atoms with E-state index < -0.39 is 30.0 Å². The SMILES string of the molecule is COc1nc(I)c(OC(F)(F)F)cc1C(F)F. The summed E-state index contributed by atoms with van der Waals surface area (Å²) in [5, 5.41) is 0. The van der Waals surface area contributed by atoms with E-state index in [-0.39, 0.29) is 3.70 Å². The van der Waals surface area contributed by atoms with Gasteiger partial charge in [-0.25, -0.2) is 13.8 Å². The molecule has 0 bridgehead atoms. The fourth-order valence-electron chi connectivity index (χ4n) is 0.987. The minimum absolute atomic E-state index is 0.221. The van der Waals surface area contributed by atoms with Crippen molar-refractivity contribution < 1.29 is 31.4 Å². The van der Waals surface area contributed by atoms with Crippen molar-refractivity contribution in [3.63, 3.8) is 0 Å². The molecule has 0 aliphatic heterocycles. The second-order valence-corrected chi connectivity index (χ2v) is 3.75. The molecule has 0 radical (unpaired) electrons. The minimum atomic E-state index is -4.96. The van der Waals surface area contributed by atoms with Crippen molar-refractivity contribution in [2.75, 3.05) is 7.11 Å². The number of pyridine rings is 1. The number of aromatic nitrogens is 1. The quantitative estimate of drug-likeness (QED) is 0.464. The van der Waals surface area contributed by atoms with E-state index in [0.29, 0.717) is 6.07 Å². The summed E-state index contributed by atoms with van der Waals surface area (Å²) in [5.74, 6) is -1.21. The number of nitrogens with zero attached hydrogens (tertiary/aromatic N) is 1. The van der Waals surface area contributed by atoms with Crippen molar-refractivity contribution in [3.8, 4) is 11.6 Å². The lowest BCUT2D eigenvalue weighted by molar-refractivity contribution is -0.275. The van der Waals surface area contributed by atoms with Gasteiger partial charge in [0.15, 0.2) is 5.75 Å². The first kappa shape index (κ1) is 14.2. The summed E-state index contributed by atoms with van der Waals surface area (Å²) in [7, 11) is 1.09. The molecule has 0 saturated carbocycles. The van der Waals surface area contributed by atoms with Crippen LogP contribution in [-0.4, -0.2) is 18.5 Å². The van der Waals surface area contributed by atoms with Crippen LogP contribution in [0.1, 0.15) is 12.0 Å². The van der Waals surface area contributed by atoms with Gasteiger partial charge in [-0.3, -0.25) is 0 Å². The van der Waals surface area contributed by atoms with E-state index >= 15 is 0 Å². The van der Waals surface area contributed by atoms with E-state index in [9.17, 15) is 22.0 Å². The molecule has 1 heterocycles. The Kier molecular flexibility index (Phi) is 4.33. The molecule has 1 rings (SSSR count). The molecule has 96 valence electrons. The monoisotopic (exact) mass is 369 g/mol. The van der Waals surface area contributed by atoms with Gasteiger partial charge in [-0.1, -0.05) is 0 Å². The van der Waals surface area contributed by atoms with Crippen LogP contribution in [-0.2, 0) is 0 Å². The third-order valence-electron chi connectivity index (χ3n) is 1.59. The van der Waals surface area contributed by atoms with Crippen LogP contribution in [0.2, 0.25) is 0 Å². The maximum Gasteiger partial charge on any atom is 0.573 e. The summed E-state index contributed by atoms with van der Waals surface area (Å²) in [4.78, 5) is 3.46. The van der Waals surface area contributed by atoms with Crippen LogP contribution in [0.3, 0.4) is 0 Å². The molecule has 0 unspecified atom stereocenters. The average Bonchev–Trinajstić information content (AvgIpc) is 2.18. The van der Waals surface area contributed by atoms with Crippen molar-refractivity contribution in [1.82, 2.24) is 4.98 Å². The van der Waals surface area contributed by atoms with Crippen LogP contribution in [0.4, 0.5) is 22.0 Å². The molecule has 17 heavy (non-hydrogen) atoms. The van der Waals surface area contributed by atoms with Crippen LogP contribution in [0.15, 0.2) is 6.07 Å². The van der Waals surface area contributed by atoms with Crippen LogP contribution < -0.4 is 9.47 Å². The summed E-state index contributed by atoms with van der Waals surface area (Å²) < 4.78 is 68.8. The van der Waals surface area contributed by atoms with Crippen molar-refractivity contribution in [1.29, 1.82) is 0 Å². The smallest absolute Gasteiger partial charge is 0.481 e. The first-order chi connectivity index (χ1) is 7.74. The fourth-order valence-corrected chi connectivity index (χ4v) is 1.47. The minimum Gasteiger partial charge on any atom is -0.481 e. The van der Waals surface area contributed by atoms with Gasteiger partial charge in [0.05, 0.1) is 12.7 Å². The van der Waals surface area contributed by atoms with Crippen molar-refractivity contribution in [2.24, 2.45) is 0 Å². The molecule has 9 heteroatoms. The molecule has 0 aromatic carbocycles. The molecule has 0 saturated heterocycles. The highest BCUT2D eigenvalue weighted by Crippen LogP contribution is 2.35. The largest absolute Gasteiger partial charge is 0.573 e. The molecule has 0 spiro atoms. The van der Waals surface area contributed by atoms with Crippen LogP contribution in [0, 0.1) is 3.70 Å². The highest BCUT2D eigenvalue weighted by Gasteiger charge is 2.33. The highest BCUT2D eigenvalue weighted by molar-refractivity contribution is 14.1. The third-order valence-corrected chi connectivity index (χ3v) is 2.36. The Morgan fingerprint density at radius 1 is 1.35 bits per heavy atom. The number of hydrogen-bond acceptors (Lipinski definition) is 3. The molecular weight excluding hydrogens is 364 g/mol. The number of methoxy groups -OCH3 is 1. The Hall–Kier alpha value is -0.870. The van der Waals surface area contributed by atoms with E-state index in [0.717, 1.165) is 7.11 Å². The number of ether oxygens (including phenoxy) is 2.